The number of nitrogens with zero attached hydrogens (tertiary/aromatic N) is 2. The lowest BCUT2D eigenvalue weighted by Crippen LogP contribution is -2.34. The van der Waals surface area contributed by atoms with E-state index in [1.54, 1.807) is 10.9 Å². The highest BCUT2D eigenvalue weighted by Gasteiger charge is 2.37. The molecule has 38 heavy (non-hydrogen) atoms. The van der Waals surface area contributed by atoms with E-state index in [0.29, 0.717) is 31.9 Å². The van der Waals surface area contributed by atoms with Gasteiger partial charge in [0.1, 0.15) is 17.0 Å². The second-order valence-corrected chi connectivity index (χ2v) is 10.1. The van der Waals surface area contributed by atoms with Crippen LogP contribution in [0.25, 0.3) is 0 Å². The molecule has 0 spiro atoms. The van der Waals surface area contributed by atoms with Gasteiger partial charge in [0.2, 0.25) is 0 Å². The number of hydrogen-bond donors (Lipinski definition) is 2. The molecule has 0 saturated heterocycles. The summed E-state index contributed by atoms with van der Waals surface area (Å²) in [6.45, 7) is 6.75. The summed E-state index contributed by atoms with van der Waals surface area (Å²) in [6.07, 6.45) is 1.84. The number of aromatic nitrogens is 2. The maximum Gasteiger partial charge on any atom is 0.407 e. The average Bonchev–Trinajstić information content (AvgIpc) is 3.26. The van der Waals surface area contributed by atoms with Crippen LogP contribution in [-0.2, 0) is 28.0 Å². The number of nitrogen functional groups attached to an aromatic ring is 1. The van der Waals surface area contributed by atoms with Gasteiger partial charge in [0.05, 0.1) is 19.3 Å². The number of nitrogens with one attached hydrogen (secondary N) is 1. The van der Waals surface area contributed by atoms with E-state index in [1.165, 1.54) is 0 Å². The van der Waals surface area contributed by atoms with Gasteiger partial charge in [-0.2, -0.15) is 5.10 Å². The zero-order valence-electron chi connectivity index (χ0n) is 22.3. The van der Waals surface area contributed by atoms with Crippen molar-refractivity contribution in [2.75, 3.05) is 18.9 Å². The summed E-state index contributed by atoms with van der Waals surface area (Å²) < 4.78 is 13.9. The van der Waals surface area contributed by atoms with Gasteiger partial charge in [-0.15, -0.1) is 0 Å². The van der Waals surface area contributed by atoms with Crippen molar-refractivity contribution in [1.82, 2.24) is 15.1 Å². The highest BCUT2D eigenvalue weighted by Crippen LogP contribution is 2.40. The third-order valence-corrected chi connectivity index (χ3v) is 6.19. The number of anilines is 1. The quantitative estimate of drug-likeness (QED) is 0.272. The van der Waals surface area contributed by atoms with E-state index < -0.39 is 17.3 Å². The normalized spacial score (nSPS) is 11.8. The van der Waals surface area contributed by atoms with Crippen molar-refractivity contribution in [3.8, 4) is 0 Å². The predicted octanol–water partition coefficient (Wildman–Crippen LogP) is 5.54. The van der Waals surface area contributed by atoms with Crippen molar-refractivity contribution in [1.29, 1.82) is 0 Å². The van der Waals surface area contributed by atoms with Crippen LogP contribution in [-0.4, -0.2) is 34.6 Å². The van der Waals surface area contributed by atoms with Gasteiger partial charge in [-0.1, -0.05) is 91.0 Å². The van der Waals surface area contributed by atoms with E-state index >= 15 is 0 Å². The number of ether oxygens (including phenoxy) is 2. The maximum atomic E-state index is 11.9. The van der Waals surface area contributed by atoms with E-state index in [0.717, 1.165) is 22.3 Å². The highest BCUT2D eigenvalue weighted by molar-refractivity contribution is 5.67. The summed E-state index contributed by atoms with van der Waals surface area (Å²) >= 11 is 0. The molecule has 0 bridgehead atoms. The molecule has 1 heterocycles. The Labute approximate surface area is 224 Å². The van der Waals surface area contributed by atoms with E-state index in [-0.39, 0.29) is 0 Å². The average molecular weight is 513 g/mol. The summed E-state index contributed by atoms with van der Waals surface area (Å²) in [5.41, 5.74) is 9.05. The van der Waals surface area contributed by atoms with Crippen LogP contribution in [0.2, 0.25) is 0 Å². The van der Waals surface area contributed by atoms with Crippen LogP contribution in [0.3, 0.4) is 0 Å². The molecule has 0 aliphatic rings. The molecule has 0 aliphatic heterocycles. The topological polar surface area (TPSA) is 91.4 Å². The van der Waals surface area contributed by atoms with Gasteiger partial charge in [-0.3, -0.25) is 0 Å². The van der Waals surface area contributed by atoms with Crippen molar-refractivity contribution in [2.24, 2.45) is 0 Å². The first kappa shape index (κ1) is 26.9. The zero-order valence-corrected chi connectivity index (χ0v) is 22.3. The number of carbonyl (C=O) groups excluding carboxylic acids is 1. The molecule has 0 aliphatic carbocycles. The number of nitrogens with two attached hydrogens (primary N) is 1. The largest absolute Gasteiger partial charge is 0.444 e. The highest BCUT2D eigenvalue weighted by atomic mass is 16.6. The molecule has 198 valence electrons. The first-order valence-electron chi connectivity index (χ1n) is 12.9. The number of amides is 1. The van der Waals surface area contributed by atoms with Crippen LogP contribution in [0.4, 0.5) is 10.6 Å². The molecular formula is C31H36N4O3. The van der Waals surface area contributed by atoms with Gasteiger partial charge < -0.3 is 20.5 Å². The molecule has 0 fully saturated rings. The first-order chi connectivity index (χ1) is 18.3. The molecule has 0 unspecified atom stereocenters. The van der Waals surface area contributed by atoms with Gasteiger partial charge in [0, 0.05) is 12.1 Å². The Balaban J connectivity index is 1.51. The SMILES string of the molecule is CC(C)(C)OC(=O)NCCc1cnn(CCOC(c2ccccc2)(c2ccccc2)c2ccccc2)c1N. The number of carbonyl (C=O) groups is 1. The van der Waals surface area contributed by atoms with Crippen LogP contribution in [0.1, 0.15) is 43.0 Å². The van der Waals surface area contributed by atoms with Crippen molar-refractivity contribution in [3.05, 3.63) is 119 Å². The summed E-state index contributed by atoms with van der Waals surface area (Å²) in [4.78, 5) is 11.9. The van der Waals surface area contributed by atoms with Gasteiger partial charge >= 0.3 is 6.09 Å². The van der Waals surface area contributed by atoms with Crippen LogP contribution in [0.5, 0.6) is 0 Å². The molecule has 3 aromatic carbocycles. The minimum atomic E-state index is -0.800. The molecule has 1 amide bonds. The fourth-order valence-electron chi connectivity index (χ4n) is 4.47. The molecule has 0 saturated carbocycles. The summed E-state index contributed by atoms with van der Waals surface area (Å²) in [6, 6.07) is 30.8. The Kier molecular flexibility index (Phi) is 8.48. The second-order valence-electron chi connectivity index (χ2n) is 10.1. The molecule has 7 nitrogen and oxygen atoms in total. The molecule has 0 radical (unpaired) electrons. The molecule has 7 heteroatoms. The van der Waals surface area contributed by atoms with Gasteiger partial charge in [-0.05, 0) is 43.9 Å². The molecule has 1 aromatic heterocycles. The van der Waals surface area contributed by atoms with Crippen LogP contribution < -0.4 is 11.1 Å². The van der Waals surface area contributed by atoms with Gasteiger partial charge in [-0.25, -0.2) is 9.48 Å². The van der Waals surface area contributed by atoms with Gasteiger partial charge in [0.25, 0.3) is 0 Å². The van der Waals surface area contributed by atoms with E-state index in [1.807, 2.05) is 75.4 Å². The van der Waals surface area contributed by atoms with Crippen molar-refractivity contribution in [3.63, 3.8) is 0 Å². The Morgan fingerprint density at radius 3 is 1.84 bits per heavy atom. The number of alkyl carbamates (subject to hydrolysis) is 1. The number of benzene rings is 3. The molecule has 4 rings (SSSR count). The Bertz CT molecular complexity index is 1200. The van der Waals surface area contributed by atoms with Crippen LogP contribution in [0, 0.1) is 0 Å². The Morgan fingerprint density at radius 1 is 0.868 bits per heavy atom. The maximum absolute atomic E-state index is 11.9. The lowest BCUT2D eigenvalue weighted by molar-refractivity contribution is 0.00737. The third-order valence-electron chi connectivity index (χ3n) is 6.19. The fraction of sp³-hybridized carbons (Fsp3) is 0.290. The van der Waals surface area contributed by atoms with Gasteiger partial charge in [0.15, 0.2) is 0 Å². The van der Waals surface area contributed by atoms with Crippen LogP contribution in [0.15, 0.2) is 97.2 Å². The second kappa shape index (κ2) is 12.0. The van der Waals surface area contributed by atoms with E-state index in [9.17, 15) is 4.79 Å². The predicted molar refractivity (Wildman–Crippen MR) is 150 cm³/mol. The number of hydrogen-bond acceptors (Lipinski definition) is 5. The fourth-order valence-corrected chi connectivity index (χ4v) is 4.47. The summed E-state index contributed by atoms with van der Waals surface area (Å²) in [5, 5.41) is 7.24. The Morgan fingerprint density at radius 2 is 1.37 bits per heavy atom. The third kappa shape index (κ3) is 6.42. The Hall–Kier alpha value is -4.10. The van der Waals surface area contributed by atoms with E-state index in [2.05, 4.69) is 46.8 Å². The monoisotopic (exact) mass is 512 g/mol. The first-order valence-corrected chi connectivity index (χ1v) is 12.9. The molecule has 4 aromatic rings. The molecule has 3 N–H and O–H groups in total. The number of rotatable bonds is 10. The minimum Gasteiger partial charge on any atom is -0.444 e. The standard InChI is InChI=1S/C31H36N4O3/c1-30(2,3)38-29(36)33-20-19-24-23-34-35(28(24)32)21-22-37-31(25-13-7-4-8-14-25,26-15-9-5-10-16-26)27-17-11-6-12-18-27/h4-18,23H,19-22,32H2,1-3H3,(H,33,36). The van der Waals surface area contributed by atoms with Crippen molar-refractivity contribution in [2.45, 2.75) is 44.9 Å². The summed E-state index contributed by atoms with van der Waals surface area (Å²) in [7, 11) is 0. The van der Waals surface area contributed by atoms with Crippen LogP contribution >= 0.6 is 0 Å². The lowest BCUT2D eigenvalue weighted by atomic mass is 9.80. The van der Waals surface area contributed by atoms with E-state index in [4.69, 9.17) is 15.2 Å². The zero-order chi connectivity index (χ0) is 27.0. The molecular weight excluding hydrogens is 476 g/mol. The van der Waals surface area contributed by atoms with Crippen molar-refractivity contribution < 1.29 is 14.3 Å². The summed E-state index contributed by atoms with van der Waals surface area (Å²) in [5.74, 6) is 0.560. The van der Waals surface area contributed by atoms with Crippen molar-refractivity contribution >= 4 is 11.9 Å². The molecule has 0 atom stereocenters. The smallest absolute Gasteiger partial charge is 0.407 e. The minimum absolute atomic E-state index is 0.375. The lowest BCUT2D eigenvalue weighted by Gasteiger charge is -2.36.